The minimum absolute atomic E-state index is 0.0911. The summed E-state index contributed by atoms with van der Waals surface area (Å²) in [4.78, 5) is 10.8. The fraction of sp³-hybridized carbons (Fsp3) is 0.200. The van der Waals surface area contributed by atoms with Gasteiger partial charge in [-0.2, -0.15) is 0 Å². The van der Waals surface area contributed by atoms with E-state index in [1.165, 1.54) is 27.4 Å². The average molecular weight is 289 g/mol. The molecule has 110 valence electrons. The number of rotatable bonds is 5. The van der Waals surface area contributed by atoms with E-state index in [1.807, 2.05) is 30.3 Å². The molecule has 0 heterocycles. The number of ether oxygens (including phenoxy) is 3. The van der Waals surface area contributed by atoms with E-state index in [0.717, 1.165) is 5.56 Å². The summed E-state index contributed by atoms with van der Waals surface area (Å²) in [5, 5.41) is 11.3. The molecule has 0 saturated heterocycles. The monoisotopic (exact) mass is 289 g/mol. The Morgan fingerprint density at radius 1 is 0.952 bits per heavy atom. The summed E-state index contributed by atoms with van der Waals surface area (Å²) in [6, 6.07) is 10.7. The lowest BCUT2D eigenvalue weighted by atomic mass is 10.0. The molecule has 0 N–H and O–H groups in total. The molecule has 0 atom stereocenters. The van der Waals surface area contributed by atoms with E-state index in [4.69, 9.17) is 14.2 Å². The number of nitrogens with zero attached hydrogens (tertiary/aromatic N) is 1. The van der Waals surface area contributed by atoms with Crippen LogP contribution >= 0.6 is 0 Å². The van der Waals surface area contributed by atoms with Crippen molar-refractivity contribution in [1.82, 2.24) is 0 Å². The maximum atomic E-state index is 11.3. The smallest absolute Gasteiger partial charge is 0.353 e. The first-order valence-electron chi connectivity index (χ1n) is 6.16. The van der Waals surface area contributed by atoms with Gasteiger partial charge in [-0.25, -0.2) is 0 Å². The summed E-state index contributed by atoms with van der Waals surface area (Å²) >= 11 is 0. The fourth-order valence-corrected chi connectivity index (χ4v) is 2.17. The van der Waals surface area contributed by atoms with Crippen LogP contribution < -0.4 is 14.2 Å². The highest BCUT2D eigenvalue weighted by Gasteiger charge is 2.29. The first kappa shape index (κ1) is 14.6. The van der Waals surface area contributed by atoms with E-state index < -0.39 is 4.92 Å². The van der Waals surface area contributed by atoms with Crippen LogP contribution in [0.4, 0.5) is 5.69 Å². The topological polar surface area (TPSA) is 70.8 Å². The molecule has 2 rings (SSSR count). The summed E-state index contributed by atoms with van der Waals surface area (Å²) in [5.41, 5.74) is 1.06. The van der Waals surface area contributed by atoms with Gasteiger partial charge in [0.05, 0.1) is 31.8 Å². The normalized spacial score (nSPS) is 10.0. The number of nitro benzene ring substituents is 1. The molecular weight excluding hydrogens is 274 g/mol. The van der Waals surface area contributed by atoms with Gasteiger partial charge in [0.15, 0.2) is 0 Å². The summed E-state index contributed by atoms with van der Waals surface area (Å²) in [5.74, 6) is 0.649. The van der Waals surface area contributed by atoms with Crippen LogP contribution in [-0.4, -0.2) is 26.3 Å². The molecule has 0 unspecified atom stereocenters. The second kappa shape index (κ2) is 6.13. The van der Waals surface area contributed by atoms with Gasteiger partial charge in [-0.1, -0.05) is 30.3 Å². The molecule has 0 radical (unpaired) electrons. The molecule has 0 spiro atoms. The van der Waals surface area contributed by atoms with Crippen molar-refractivity contribution < 1.29 is 19.1 Å². The van der Waals surface area contributed by atoms with Gasteiger partial charge in [-0.3, -0.25) is 10.1 Å². The Morgan fingerprint density at radius 3 is 2.05 bits per heavy atom. The number of hydrogen-bond donors (Lipinski definition) is 0. The number of benzene rings is 2. The van der Waals surface area contributed by atoms with E-state index in [2.05, 4.69) is 0 Å². The molecule has 0 aliphatic carbocycles. The largest absolute Gasteiger partial charge is 0.496 e. The van der Waals surface area contributed by atoms with E-state index in [-0.39, 0.29) is 17.2 Å². The van der Waals surface area contributed by atoms with Crippen molar-refractivity contribution in [3.05, 3.63) is 46.5 Å². The zero-order valence-corrected chi connectivity index (χ0v) is 12.0. The van der Waals surface area contributed by atoms with Crippen molar-refractivity contribution in [2.75, 3.05) is 21.3 Å². The lowest BCUT2D eigenvalue weighted by Crippen LogP contribution is -2.01. The van der Waals surface area contributed by atoms with E-state index in [1.54, 1.807) is 0 Å². The van der Waals surface area contributed by atoms with Crippen molar-refractivity contribution in [2.45, 2.75) is 0 Å². The molecule has 2 aromatic rings. The van der Waals surface area contributed by atoms with Crippen molar-refractivity contribution in [3.8, 4) is 28.4 Å². The average Bonchev–Trinajstić information content (AvgIpc) is 2.53. The van der Waals surface area contributed by atoms with Crippen LogP contribution in [0, 0.1) is 10.1 Å². The highest BCUT2D eigenvalue weighted by Crippen LogP contribution is 2.49. The van der Waals surface area contributed by atoms with Crippen molar-refractivity contribution >= 4 is 5.69 Å². The third-order valence-electron chi connectivity index (χ3n) is 3.07. The highest BCUT2D eigenvalue weighted by atomic mass is 16.6. The Hall–Kier alpha value is -2.76. The van der Waals surface area contributed by atoms with Gasteiger partial charge in [0.2, 0.25) is 11.5 Å². The Balaban J connectivity index is 2.85. The Kier molecular flexibility index (Phi) is 4.27. The molecule has 2 aromatic carbocycles. The van der Waals surface area contributed by atoms with Crippen LogP contribution in [-0.2, 0) is 0 Å². The fourth-order valence-electron chi connectivity index (χ4n) is 2.17. The number of nitro groups is 1. The van der Waals surface area contributed by atoms with Crippen LogP contribution in [0.5, 0.6) is 17.2 Å². The van der Waals surface area contributed by atoms with Gasteiger partial charge < -0.3 is 14.2 Å². The Morgan fingerprint density at radius 2 is 1.57 bits per heavy atom. The Labute approximate surface area is 122 Å². The van der Waals surface area contributed by atoms with E-state index >= 15 is 0 Å². The van der Waals surface area contributed by atoms with Gasteiger partial charge in [-0.15, -0.1) is 0 Å². The van der Waals surface area contributed by atoms with Gasteiger partial charge in [0.1, 0.15) is 5.75 Å². The Bertz CT molecular complexity index is 655. The first-order valence-corrected chi connectivity index (χ1v) is 6.16. The van der Waals surface area contributed by atoms with Gasteiger partial charge in [0, 0.05) is 6.07 Å². The SMILES string of the molecule is COc1cc(OC)c([N+](=O)[O-])c(OC)c1-c1ccccc1. The summed E-state index contributed by atoms with van der Waals surface area (Å²) in [6.45, 7) is 0. The minimum Gasteiger partial charge on any atom is -0.496 e. The predicted molar refractivity (Wildman–Crippen MR) is 78.2 cm³/mol. The quantitative estimate of drug-likeness (QED) is 0.624. The van der Waals surface area contributed by atoms with Gasteiger partial charge in [-0.05, 0) is 5.56 Å². The molecule has 0 saturated carbocycles. The molecule has 0 bridgehead atoms. The molecule has 0 aromatic heterocycles. The number of methoxy groups -OCH3 is 3. The number of hydrogen-bond acceptors (Lipinski definition) is 5. The third kappa shape index (κ3) is 2.60. The van der Waals surface area contributed by atoms with Crippen LogP contribution in [0.25, 0.3) is 11.1 Å². The summed E-state index contributed by atoms with van der Waals surface area (Å²) in [6.07, 6.45) is 0. The highest BCUT2D eigenvalue weighted by molar-refractivity contribution is 5.84. The first-order chi connectivity index (χ1) is 10.1. The maximum absolute atomic E-state index is 11.3. The summed E-state index contributed by atoms with van der Waals surface area (Å²) < 4.78 is 15.7. The van der Waals surface area contributed by atoms with Crippen LogP contribution in [0.3, 0.4) is 0 Å². The lowest BCUT2D eigenvalue weighted by molar-refractivity contribution is -0.386. The van der Waals surface area contributed by atoms with Crippen molar-refractivity contribution in [1.29, 1.82) is 0 Å². The van der Waals surface area contributed by atoms with Crippen LogP contribution in [0.15, 0.2) is 36.4 Å². The summed E-state index contributed by atoms with van der Waals surface area (Å²) in [7, 11) is 4.24. The standard InChI is InChI=1S/C15H15NO5/c1-19-11-9-12(20-2)14(16(17)18)15(21-3)13(11)10-7-5-4-6-8-10/h4-9H,1-3H3. The van der Waals surface area contributed by atoms with Crippen molar-refractivity contribution in [2.24, 2.45) is 0 Å². The van der Waals surface area contributed by atoms with Crippen LogP contribution in [0.1, 0.15) is 0 Å². The molecular formula is C15H15NO5. The lowest BCUT2D eigenvalue weighted by Gasteiger charge is -2.15. The van der Waals surface area contributed by atoms with Gasteiger partial charge >= 0.3 is 5.69 Å². The second-order valence-electron chi connectivity index (χ2n) is 4.16. The van der Waals surface area contributed by atoms with Crippen LogP contribution in [0.2, 0.25) is 0 Å². The predicted octanol–water partition coefficient (Wildman–Crippen LogP) is 3.29. The molecule has 6 nitrogen and oxygen atoms in total. The second-order valence-corrected chi connectivity index (χ2v) is 4.16. The van der Waals surface area contributed by atoms with Crippen molar-refractivity contribution in [3.63, 3.8) is 0 Å². The molecule has 0 amide bonds. The van der Waals surface area contributed by atoms with Gasteiger partial charge in [0.25, 0.3) is 0 Å². The molecule has 0 aliphatic rings. The molecule has 0 aliphatic heterocycles. The third-order valence-corrected chi connectivity index (χ3v) is 3.07. The van der Waals surface area contributed by atoms with E-state index in [9.17, 15) is 10.1 Å². The zero-order valence-electron chi connectivity index (χ0n) is 12.0. The van der Waals surface area contributed by atoms with E-state index in [0.29, 0.717) is 11.3 Å². The molecule has 0 fully saturated rings. The minimum atomic E-state index is -0.524. The maximum Gasteiger partial charge on any atom is 0.353 e. The molecule has 6 heteroatoms. The molecule has 21 heavy (non-hydrogen) atoms. The zero-order chi connectivity index (χ0) is 15.4.